The monoisotopic (exact) mass is 224 g/mol. The van der Waals surface area contributed by atoms with Crippen LogP contribution in [0.4, 0.5) is 14.5 Å². The van der Waals surface area contributed by atoms with Crippen molar-refractivity contribution in [1.82, 2.24) is 0 Å². The Hall–Kier alpha value is -1.96. The SMILES string of the molecule is CCC(C#N)C(=O)Nc1ccc(F)cc1F. The lowest BCUT2D eigenvalue weighted by Gasteiger charge is -2.08. The summed E-state index contributed by atoms with van der Waals surface area (Å²) in [6.45, 7) is 1.68. The van der Waals surface area contributed by atoms with Crippen LogP contribution in [0.3, 0.4) is 0 Å². The molecule has 0 aliphatic heterocycles. The zero-order valence-corrected chi connectivity index (χ0v) is 8.63. The third kappa shape index (κ3) is 2.76. The Labute approximate surface area is 91.7 Å². The van der Waals surface area contributed by atoms with Gasteiger partial charge >= 0.3 is 0 Å². The molecular weight excluding hydrogens is 214 g/mol. The molecule has 0 spiro atoms. The molecule has 0 saturated heterocycles. The van der Waals surface area contributed by atoms with Gasteiger partial charge in [-0.25, -0.2) is 8.78 Å². The van der Waals surface area contributed by atoms with Crippen LogP contribution in [0.5, 0.6) is 0 Å². The Kier molecular flexibility index (Phi) is 3.95. The van der Waals surface area contributed by atoms with Crippen LogP contribution in [0.25, 0.3) is 0 Å². The average Bonchev–Trinajstić information content (AvgIpc) is 2.24. The number of anilines is 1. The molecule has 1 aromatic carbocycles. The summed E-state index contributed by atoms with van der Waals surface area (Å²) in [5.74, 6) is -3.00. The topological polar surface area (TPSA) is 52.9 Å². The summed E-state index contributed by atoms with van der Waals surface area (Å²) >= 11 is 0. The van der Waals surface area contributed by atoms with Gasteiger partial charge in [-0.05, 0) is 18.6 Å². The summed E-state index contributed by atoms with van der Waals surface area (Å²) in [6.07, 6.45) is 0.338. The van der Waals surface area contributed by atoms with E-state index >= 15 is 0 Å². The van der Waals surface area contributed by atoms with Gasteiger partial charge in [-0.1, -0.05) is 6.92 Å². The van der Waals surface area contributed by atoms with Gasteiger partial charge in [0, 0.05) is 6.07 Å². The second-order valence-electron chi connectivity index (χ2n) is 3.20. The minimum Gasteiger partial charge on any atom is -0.322 e. The first kappa shape index (κ1) is 12.1. The van der Waals surface area contributed by atoms with E-state index in [1.54, 1.807) is 13.0 Å². The van der Waals surface area contributed by atoms with Crippen molar-refractivity contribution in [1.29, 1.82) is 5.26 Å². The summed E-state index contributed by atoms with van der Waals surface area (Å²) in [4.78, 5) is 11.4. The molecule has 0 aliphatic rings. The Bertz CT molecular complexity index is 440. The number of rotatable bonds is 3. The Morgan fingerprint density at radius 1 is 1.56 bits per heavy atom. The normalized spacial score (nSPS) is 11.6. The lowest BCUT2D eigenvalue weighted by atomic mass is 10.1. The van der Waals surface area contributed by atoms with Crippen LogP contribution in [0.15, 0.2) is 18.2 Å². The summed E-state index contributed by atoms with van der Waals surface area (Å²) in [5.41, 5.74) is -0.125. The lowest BCUT2D eigenvalue weighted by molar-refractivity contribution is -0.118. The molecule has 1 unspecified atom stereocenters. The quantitative estimate of drug-likeness (QED) is 0.857. The second-order valence-corrected chi connectivity index (χ2v) is 3.20. The van der Waals surface area contributed by atoms with E-state index in [9.17, 15) is 13.6 Å². The average molecular weight is 224 g/mol. The van der Waals surface area contributed by atoms with Crippen molar-refractivity contribution in [2.24, 2.45) is 5.92 Å². The van der Waals surface area contributed by atoms with Crippen LogP contribution in [-0.4, -0.2) is 5.91 Å². The van der Waals surface area contributed by atoms with Crippen molar-refractivity contribution >= 4 is 11.6 Å². The van der Waals surface area contributed by atoms with Gasteiger partial charge in [-0.2, -0.15) is 5.26 Å². The first-order valence-electron chi connectivity index (χ1n) is 4.74. The van der Waals surface area contributed by atoms with Crippen LogP contribution in [-0.2, 0) is 4.79 Å². The highest BCUT2D eigenvalue weighted by Crippen LogP contribution is 2.16. The molecule has 3 nitrogen and oxygen atoms in total. The molecule has 0 radical (unpaired) electrons. The number of nitriles is 1. The minimum atomic E-state index is -0.860. The minimum absolute atomic E-state index is 0.125. The highest BCUT2D eigenvalue weighted by molar-refractivity contribution is 5.94. The van der Waals surface area contributed by atoms with Gasteiger partial charge in [-0.3, -0.25) is 4.79 Å². The molecule has 16 heavy (non-hydrogen) atoms. The Morgan fingerprint density at radius 3 is 2.75 bits per heavy atom. The van der Waals surface area contributed by atoms with E-state index in [1.165, 1.54) is 0 Å². The van der Waals surface area contributed by atoms with Crippen molar-refractivity contribution < 1.29 is 13.6 Å². The fourth-order valence-corrected chi connectivity index (χ4v) is 1.15. The predicted molar refractivity (Wildman–Crippen MR) is 54.4 cm³/mol. The van der Waals surface area contributed by atoms with Gasteiger partial charge in [0.15, 0.2) is 0 Å². The van der Waals surface area contributed by atoms with Crippen LogP contribution in [0.1, 0.15) is 13.3 Å². The number of amides is 1. The summed E-state index contributed by atoms with van der Waals surface area (Å²) in [6, 6.07) is 4.62. The predicted octanol–water partition coefficient (Wildman–Crippen LogP) is 2.45. The van der Waals surface area contributed by atoms with Gasteiger partial charge in [0.05, 0.1) is 11.8 Å². The fraction of sp³-hybridized carbons (Fsp3) is 0.273. The number of hydrogen-bond acceptors (Lipinski definition) is 2. The third-order valence-corrected chi connectivity index (χ3v) is 2.07. The number of benzene rings is 1. The fourth-order valence-electron chi connectivity index (χ4n) is 1.15. The van der Waals surface area contributed by atoms with Gasteiger partial charge in [0.1, 0.15) is 17.6 Å². The van der Waals surface area contributed by atoms with Crippen LogP contribution < -0.4 is 5.32 Å². The maximum atomic E-state index is 13.1. The molecule has 84 valence electrons. The molecule has 0 bridgehead atoms. The molecule has 1 aromatic rings. The molecule has 1 atom stereocenters. The highest BCUT2D eigenvalue weighted by Gasteiger charge is 2.16. The number of carbonyl (C=O) groups excluding carboxylic acids is 1. The standard InChI is InChI=1S/C11H10F2N2O/c1-2-7(6-14)11(16)15-10-4-3-8(12)5-9(10)13/h3-5,7H,2H2,1H3,(H,15,16). The van der Waals surface area contributed by atoms with E-state index in [-0.39, 0.29) is 5.69 Å². The Morgan fingerprint density at radius 2 is 2.25 bits per heavy atom. The van der Waals surface area contributed by atoms with Crippen molar-refractivity contribution in [3.8, 4) is 6.07 Å². The molecule has 1 rings (SSSR count). The summed E-state index contributed by atoms with van der Waals surface area (Å²) in [7, 11) is 0. The maximum absolute atomic E-state index is 13.1. The first-order valence-corrected chi connectivity index (χ1v) is 4.74. The van der Waals surface area contributed by atoms with Gasteiger partial charge in [0.2, 0.25) is 5.91 Å². The Balaban J connectivity index is 2.81. The van der Waals surface area contributed by atoms with Crippen molar-refractivity contribution in [2.75, 3.05) is 5.32 Å². The van der Waals surface area contributed by atoms with Gasteiger partial charge in [-0.15, -0.1) is 0 Å². The van der Waals surface area contributed by atoms with Gasteiger partial charge < -0.3 is 5.32 Å². The second kappa shape index (κ2) is 5.21. The highest BCUT2D eigenvalue weighted by atomic mass is 19.1. The third-order valence-electron chi connectivity index (χ3n) is 2.07. The molecule has 0 saturated carbocycles. The van der Waals surface area contributed by atoms with E-state index in [2.05, 4.69) is 5.32 Å². The zero-order valence-electron chi connectivity index (χ0n) is 8.63. The largest absolute Gasteiger partial charge is 0.322 e. The number of carbonyl (C=O) groups is 1. The van der Waals surface area contributed by atoms with Crippen molar-refractivity contribution in [3.63, 3.8) is 0 Å². The number of nitrogens with zero attached hydrogens (tertiary/aromatic N) is 1. The lowest BCUT2D eigenvalue weighted by Crippen LogP contribution is -2.21. The van der Waals surface area contributed by atoms with Crippen LogP contribution >= 0.6 is 0 Å². The number of nitrogens with one attached hydrogen (secondary N) is 1. The van der Waals surface area contributed by atoms with E-state index in [1.807, 2.05) is 0 Å². The summed E-state index contributed by atoms with van der Waals surface area (Å²) < 4.78 is 25.7. The molecule has 1 N–H and O–H groups in total. The van der Waals surface area contributed by atoms with E-state index in [4.69, 9.17) is 5.26 Å². The smallest absolute Gasteiger partial charge is 0.241 e. The van der Waals surface area contributed by atoms with Crippen molar-refractivity contribution in [3.05, 3.63) is 29.8 Å². The molecular formula is C11H10F2N2O. The van der Waals surface area contributed by atoms with E-state index in [0.29, 0.717) is 12.5 Å². The van der Waals surface area contributed by atoms with Gasteiger partial charge in [0.25, 0.3) is 0 Å². The zero-order chi connectivity index (χ0) is 12.1. The molecule has 1 amide bonds. The maximum Gasteiger partial charge on any atom is 0.241 e. The molecule has 0 heterocycles. The first-order chi connectivity index (χ1) is 7.58. The van der Waals surface area contributed by atoms with Crippen molar-refractivity contribution in [2.45, 2.75) is 13.3 Å². The molecule has 0 fully saturated rings. The number of hydrogen-bond donors (Lipinski definition) is 1. The van der Waals surface area contributed by atoms with E-state index < -0.39 is 23.5 Å². The number of halogens is 2. The molecule has 0 aliphatic carbocycles. The molecule has 5 heteroatoms. The summed E-state index contributed by atoms with van der Waals surface area (Å²) in [5, 5.41) is 10.9. The van der Waals surface area contributed by atoms with Crippen LogP contribution in [0, 0.1) is 28.9 Å². The molecule has 0 aromatic heterocycles. The van der Waals surface area contributed by atoms with E-state index in [0.717, 1.165) is 12.1 Å². The van der Waals surface area contributed by atoms with Crippen LogP contribution in [0.2, 0.25) is 0 Å².